The van der Waals surface area contributed by atoms with Crippen LogP contribution in [0.4, 0.5) is 10.1 Å². The van der Waals surface area contributed by atoms with Crippen LogP contribution in [0, 0.1) is 5.82 Å². The molecule has 0 aliphatic carbocycles. The SMILES string of the molecule is CNc1c(F)cccc1C(=O)NC(C)c1cccs1. The average Bonchev–Trinajstić information content (AvgIpc) is 2.92. The summed E-state index contributed by atoms with van der Waals surface area (Å²) < 4.78 is 13.6. The Morgan fingerprint density at radius 3 is 2.74 bits per heavy atom. The quantitative estimate of drug-likeness (QED) is 0.899. The van der Waals surface area contributed by atoms with E-state index in [2.05, 4.69) is 10.6 Å². The molecule has 0 saturated heterocycles. The summed E-state index contributed by atoms with van der Waals surface area (Å²) in [6.07, 6.45) is 0. The highest BCUT2D eigenvalue weighted by molar-refractivity contribution is 7.10. The van der Waals surface area contributed by atoms with Crippen molar-refractivity contribution in [3.8, 4) is 0 Å². The van der Waals surface area contributed by atoms with Crippen molar-refractivity contribution in [2.24, 2.45) is 0 Å². The molecule has 1 heterocycles. The molecule has 100 valence electrons. The Kier molecular flexibility index (Phi) is 4.16. The highest BCUT2D eigenvalue weighted by atomic mass is 32.1. The summed E-state index contributed by atoms with van der Waals surface area (Å²) in [6.45, 7) is 1.90. The number of hydrogen-bond donors (Lipinski definition) is 2. The highest BCUT2D eigenvalue weighted by Gasteiger charge is 2.16. The van der Waals surface area contributed by atoms with Crippen LogP contribution in [-0.4, -0.2) is 13.0 Å². The maximum Gasteiger partial charge on any atom is 0.253 e. The predicted molar refractivity (Wildman–Crippen MR) is 76.1 cm³/mol. The predicted octanol–water partition coefficient (Wildman–Crippen LogP) is 3.42. The third-order valence-electron chi connectivity index (χ3n) is 2.83. The molecule has 3 nitrogen and oxygen atoms in total. The summed E-state index contributed by atoms with van der Waals surface area (Å²) in [5.74, 6) is -0.719. The molecule has 1 aromatic heterocycles. The molecule has 5 heteroatoms. The third kappa shape index (κ3) is 2.93. The van der Waals surface area contributed by atoms with Gasteiger partial charge in [0.15, 0.2) is 0 Å². The van der Waals surface area contributed by atoms with Gasteiger partial charge in [0.2, 0.25) is 0 Å². The minimum absolute atomic E-state index is 0.0968. The Hall–Kier alpha value is -1.88. The number of halogens is 1. The molecular weight excluding hydrogens is 263 g/mol. The second-order valence-corrected chi connectivity index (χ2v) is 5.10. The van der Waals surface area contributed by atoms with Crippen molar-refractivity contribution in [2.45, 2.75) is 13.0 Å². The van der Waals surface area contributed by atoms with Crippen LogP contribution in [0.15, 0.2) is 35.7 Å². The maximum atomic E-state index is 13.6. The lowest BCUT2D eigenvalue weighted by Gasteiger charge is -2.14. The van der Waals surface area contributed by atoms with Gasteiger partial charge in [0.25, 0.3) is 5.91 Å². The van der Waals surface area contributed by atoms with Crippen molar-refractivity contribution < 1.29 is 9.18 Å². The zero-order valence-corrected chi connectivity index (χ0v) is 11.6. The number of benzene rings is 1. The van der Waals surface area contributed by atoms with Crippen LogP contribution in [0.5, 0.6) is 0 Å². The van der Waals surface area contributed by atoms with E-state index in [9.17, 15) is 9.18 Å². The smallest absolute Gasteiger partial charge is 0.253 e. The number of carbonyl (C=O) groups excluding carboxylic acids is 1. The second kappa shape index (κ2) is 5.84. The van der Waals surface area contributed by atoms with Crippen LogP contribution in [0.2, 0.25) is 0 Å². The molecule has 1 unspecified atom stereocenters. The fourth-order valence-corrected chi connectivity index (χ4v) is 2.59. The topological polar surface area (TPSA) is 41.1 Å². The van der Waals surface area contributed by atoms with Crippen molar-refractivity contribution in [3.05, 3.63) is 52.0 Å². The van der Waals surface area contributed by atoms with Gasteiger partial charge in [0.1, 0.15) is 5.82 Å². The van der Waals surface area contributed by atoms with Gasteiger partial charge in [-0.25, -0.2) is 4.39 Å². The fraction of sp³-hybridized carbons (Fsp3) is 0.214. The molecule has 0 bridgehead atoms. The van der Waals surface area contributed by atoms with Crippen molar-refractivity contribution in [1.29, 1.82) is 0 Å². The molecule has 2 N–H and O–H groups in total. The van der Waals surface area contributed by atoms with Crippen molar-refractivity contribution in [1.82, 2.24) is 5.32 Å². The Morgan fingerprint density at radius 2 is 2.11 bits per heavy atom. The van der Waals surface area contributed by atoms with Gasteiger partial charge in [0, 0.05) is 11.9 Å². The van der Waals surface area contributed by atoms with Gasteiger partial charge >= 0.3 is 0 Å². The number of amides is 1. The summed E-state index contributed by atoms with van der Waals surface area (Å²) in [5, 5.41) is 7.54. The van der Waals surface area contributed by atoms with Gasteiger partial charge in [-0.05, 0) is 30.5 Å². The molecular formula is C14H15FN2OS. The zero-order chi connectivity index (χ0) is 13.8. The first-order valence-electron chi connectivity index (χ1n) is 5.94. The molecule has 2 aromatic rings. The molecule has 0 radical (unpaired) electrons. The minimum atomic E-state index is -0.432. The van der Waals surface area contributed by atoms with Gasteiger partial charge < -0.3 is 10.6 Å². The summed E-state index contributed by atoms with van der Waals surface area (Å²) >= 11 is 1.58. The Morgan fingerprint density at radius 1 is 1.32 bits per heavy atom. The van der Waals surface area contributed by atoms with Crippen molar-refractivity contribution >= 4 is 22.9 Å². The summed E-state index contributed by atoms with van der Waals surface area (Å²) in [5.41, 5.74) is 0.532. The van der Waals surface area contributed by atoms with Gasteiger partial charge in [-0.1, -0.05) is 12.1 Å². The van der Waals surface area contributed by atoms with Crippen molar-refractivity contribution in [2.75, 3.05) is 12.4 Å². The number of anilines is 1. The minimum Gasteiger partial charge on any atom is -0.385 e. The monoisotopic (exact) mass is 278 g/mol. The lowest BCUT2D eigenvalue weighted by atomic mass is 10.1. The van der Waals surface area contributed by atoms with Gasteiger partial charge in [-0.3, -0.25) is 4.79 Å². The molecule has 2 rings (SSSR count). The van der Waals surface area contributed by atoms with Crippen LogP contribution in [0.25, 0.3) is 0 Å². The van der Waals surface area contributed by atoms with Crippen LogP contribution in [0.1, 0.15) is 28.2 Å². The van der Waals surface area contributed by atoms with Gasteiger partial charge in [-0.15, -0.1) is 11.3 Å². The van der Waals surface area contributed by atoms with Crippen LogP contribution in [0.3, 0.4) is 0 Å². The molecule has 19 heavy (non-hydrogen) atoms. The van der Waals surface area contributed by atoms with E-state index in [1.807, 2.05) is 24.4 Å². The number of para-hydroxylation sites is 1. The van der Waals surface area contributed by atoms with E-state index in [4.69, 9.17) is 0 Å². The Bertz CT molecular complexity index is 569. The molecule has 1 amide bonds. The fourth-order valence-electron chi connectivity index (χ4n) is 1.85. The van der Waals surface area contributed by atoms with E-state index >= 15 is 0 Å². The lowest BCUT2D eigenvalue weighted by molar-refractivity contribution is 0.0941. The zero-order valence-electron chi connectivity index (χ0n) is 10.7. The van der Waals surface area contributed by atoms with Gasteiger partial charge in [0.05, 0.1) is 17.3 Å². The number of thiophene rings is 1. The highest BCUT2D eigenvalue weighted by Crippen LogP contribution is 2.22. The maximum absolute atomic E-state index is 13.6. The number of rotatable bonds is 4. The third-order valence-corrected chi connectivity index (χ3v) is 3.88. The molecule has 0 spiro atoms. The van der Waals surface area contributed by atoms with Crippen LogP contribution < -0.4 is 10.6 Å². The van der Waals surface area contributed by atoms with E-state index < -0.39 is 5.82 Å². The molecule has 1 aromatic carbocycles. The number of carbonyl (C=O) groups is 1. The summed E-state index contributed by atoms with van der Waals surface area (Å²) in [6, 6.07) is 8.25. The molecule has 1 atom stereocenters. The normalized spacial score (nSPS) is 11.9. The molecule has 0 fully saturated rings. The molecule has 0 aliphatic heterocycles. The van der Waals surface area contributed by atoms with E-state index in [1.165, 1.54) is 12.1 Å². The Balaban J connectivity index is 2.19. The number of hydrogen-bond acceptors (Lipinski definition) is 3. The van der Waals surface area contributed by atoms with E-state index in [-0.39, 0.29) is 17.6 Å². The standard InChI is InChI=1S/C14H15FN2OS/c1-9(12-7-4-8-19-12)17-14(18)10-5-3-6-11(15)13(10)16-2/h3-9,16H,1-2H3,(H,17,18). The van der Waals surface area contributed by atoms with E-state index in [0.717, 1.165) is 4.88 Å². The van der Waals surface area contributed by atoms with E-state index in [0.29, 0.717) is 5.56 Å². The van der Waals surface area contributed by atoms with Crippen LogP contribution in [-0.2, 0) is 0 Å². The average molecular weight is 278 g/mol. The second-order valence-electron chi connectivity index (χ2n) is 4.12. The van der Waals surface area contributed by atoms with Gasteiger partial charge in [-0.2, -0.15) is 0 Å². The van der Waals surface area contributed by atoms with E-state index in [1.54, 1.807) is 24.5 Å². The first-order valence-corrected chi connectivity index (χ1v) is 6.82. The Labute approximate surface area is 115 Å². The van der Waals surface area contributed by atoms with Crippen molar-refractivity contribution in [3.63, 3.8) is 0 Å². The largest absolute Gasteiger partial charge is 0.385 e. The van der Waals surface area contributed by atoms with Crippen LogP contribution >= 0.6 is 11.3 Å². The summed E-state index contributed by atoms with van der Waals surface area (Å²) in [4.78, 5) is 13.2. The molecule has 0 saturated carbocycles. The molecule has 0 aliphatic rings. The first-order chi connectivity index (χ1) is 9.13. The first kappa shape index (κ1) is 13.5. The lowest BCUT2D eigenvalue weighted by Crippen LogP contribution is -2.27. The number of nitrogens with one attached hydrogen (secondary N) is 2. The summed E-state index contributed by atoms with van der Waals surface area (Å²) in [7, 11) is 1.60.